The number of aromatic nitrogens is 1. The predicted molar refractivity (Wildman–Crippen MR) is 73.4 cm³/mol. The molecule has 0 fully saturated rings. The standard InChI is InChI=1S/C12H12ClNS2/c13-12-5-4-11(16-12)9-15-8-6-10-3-1-2-7-14-10/h1-5,7H,6,8-9H2. The number of thioether (sulfide) groups is 1. The van der Waals surface area contributed by atoms with Crippen molar-refractivity contribution in [2.45, 2.75) is 12.2 Å². The molecule has 2 aromatic heterocycles. The molecule has 0 aliphatic carbocycles. The Bertz CT molecular complexity index is 428. The zero-order chi connectivity index (χ0) is 11.2. The Labute approximate surface area is 109 Å². The summed E-state index contributed by atoms with van der Waals surface area (Å²) in [5.74, 6) is 2.15. The zero-order valence-electron chi connectivity index (χ0n) is 8.73. The minimum atomic E-state index is 0.875. The van der Waals surface area contributed by atoms with Gasteiger partial charge in [0.15, 0.2) is 0 Å². The molecular weight excluding hydrogens is 258 g/mol. The van der Waals surface area contributed by atoms with E-state index >= 15 is 0 Å². The number of pyridine rings is 1. The molecule has 0 aliphatic rings. The molecule has 2 heterocycles. The Kier molecular flexibility index (Phi) is 4.69. The summed E-state index contributed by atoms with van der Waals surface area (Å²) in [5.41, 5.74) is 1.17. The lowest BCUT2D eigenvalue weighted by Gasteiger charge is -1.99. The predicted octanol–water partition coefficient (Wildman–Crippen LogP) is 4.27. The molecule has 0 aromatic carbocycles. The van der Waals surface area contributed by atoms with Crippen LogP contribution >= 0.6 is 34.7 Å². The third-order valence-electron chi connectivity index (χ3n) is 2.10. The Morgan fingerprint density at radius 1 is 1.25 bits per heavy atom. The molecule has 0 saturated carbocycles. The van der Waals surface area contributed by atoms with E-state index in [9.17, 15) is 0 Å². The van der Waals surface area contributed by atoms with Gasteiger partial charge in [-0.3, -0.25) is 4.98 Å². The molecule has 84 valence electrons. The van der Waals surface area contributed by atoms with Crippen LogP contribution in [0.4, 0.5) is 0 Å². The molecular formula is C12H12ClNS2. The number of aryl methyl sites for hydroxylation is 1. The number of thiophene rings is 1. The van der Waals surface area contributed by atoms with E-state index in [0.29, 0.717) is 0 Å². The lowest BCUT2D eigenvalue weighted by Crippen LogP contribution is -1.91. The van der Waals surface area contributed by atoms with Crippen LogP contribution in [0.15, 0.2) is 36.5 Å². The Morgan fingerprint density at radius 2 is 2.19 bits per heavy atom. The number of hydrogen-bond donors (Lipinski definition) is 0. The summed E-state index contributed by atoms with van der Waals surface area (Å²) in [7, 11) is 0. The summed E-state index contributed by atoms with van der Waals surface area (Å²) in [6.45, 7) is 0. The maximum absolute atomic E-state index is 5.87. The molecule has 0 radical (unpaired) electrons. The van der Waals surface area contributed by atoms with Crippen molar-refractivity contribution in [3.63, 3.8) is 0 Å². The van der Waals surface area contributed by atoms with Crippen LogP contribution in [0.1, 0.15) is 10.6 Å². The minimum Gasteiger partial charge on any atom is -0.261 e. The second kappa shape index (κ2) is 6.28. The first kappa shape index (κ1) is 12.0. The summed E-state index contributed by atoms with van der Waals surface area (Å²) < 4.78 is 0.875. The molecule has 2 rings (SSSR count). The van der Waals surface area contributed by atoms with Gasteiger partial charge < -0.3 is 0 Å². The molecule has 0 aliphatic heterocycles. The van der Waals surface area contributed by atoms with Crippen LogP contribution in [0, 0.1) is 0 Å². The number of halogens is 1. The van der Waals surface area contributed by atoms with Crippen LogP contribution < -0.4 is 0 Å². The fourth-order valence-electron chi connectivity index (χ4n) is 1.32. The normalized spacial score (nSPS) is 10.6. The minimum absolute atomic E-state index is 0.875. The van der Waals surface area contributed by atoms with Crippen molar-refractivity contribution in [2.75, 3.05) is 5.75 Å². The average Bonchev–Trinajstić information content (AvgIpc) is 2.72. The monoisotopic (exact) mass is 269 g/mol. The molecule has 16 heavy (non-hydrogen) atoms. The van der Waals surface area contributed by atoms with Crippen molar-refractivity contribution in [1.29, 1.82) is 0 Å². The Morgan fingerprint density at radius 3 is 2.88 bits per heavy atom. The van der Waals surface area contributed by atoms with Crippen molar-refractivity contribution in [3.8, 4) is 0 Å². The van der Waals surface area contributed by atoms with Gasteiger partial charge in [-0.15, -0.1) is 11.3 Å². The van der Waals surface area contributed by atoms with E-state index < -0.39 is 0 Å². The number of hydrogen-bond acceptors (Lipinski definition) is 3. The molecule has 0 atom stereocenters. The Hall–Kier alpha value is -0.510. The SMILES string of the molecule is Clc1ccc(CSCCc2ccccn2)s1. The Balaban J connectivity index is 1.69. The summed E-state index contributed by atoms with van der Waals surface area (Å²) in [4.78, 5) is 5.64. The average molecular weight is 270 g/mol. The summed E-state index contributed by atoms with van der Waals surface area (Å²) >= 11 is 9.46. The highest BCUT2D eigenvalue weighted by molar-refractivity contribution is 7.98. The van der Waals surface area contributed by atoms with Crippen LogP contribution in [0.5, 0.6) is 0 Å². The maximum Gasteiger partial charge on any atom is 0.0931 e. The van der Waals surface area contributed by atoms with Gasteiger partial charge >= 0.3 is 0 Å². The number of rotatable bonds is 5. The van der Waals surface area contributed by atoms with Crippen molar-refractivity contribution in [3.05, 3.63) is 51.4 Å². The molecule has 0 amide bonds. The van der Waals surface area contributed by atoms with E-state index in [1.165, 1.54) is 10.6 Å². The lowest BCUT2D eigenvalue weighted by atomic mass is 10.3. The lowest BCUT2D eigenvalue weighted by molar-refractivity contribution is 1.05. The van der Waals surface area contributed by atoms with Crippen LogP contribution in [0.2, 0.25) is 4.34 Å². The van der Waals surface area contributed by atoms with Gasteiger partial charge in [-0.2, -0.15) is 11.8 Å². The summed E-state index contributed by atoms with van der Waals surface area (Å²) in [6.07, 6.45) is 2.88. The third-order valence-corrected chi connectivity index (χ3v) is 4.52. The van der Waals surface area contributed by atoms with Crippen LogP contribution in [0.3, 0.4) is 0 Å². The molecule has 0 unspecified atom stereocenters. The van der Waals surface area contributed by atoms with Gasteiger partial charge in [0.25, 0.3) is 0 Å². The maximum atomic E-state index is 5.87. The zero-order valence-corrected chi connectivity index (χ0v) is 11.1. The van der Waals surface area contributed by atoms with Gasteiger partial charge in [-0.1, -0.05) is 17.7 Å². The second-order valence-electron chi connectivity index (χ2n) is 3.33. The highest BCUT2D eigenvalue weighted by Crippen LogP contribution is 2.25. The van der Waals surface area contributed by atoms with Crippen LogP contribution in [-0.4, -0.2) is 10.7 Å². The molecule has 2 aromatic rings. The fourth-order valence-corrected chi connectivity index (χ4v) is 3.49. The smallest absolute Gasteiger partial charge is 0.0931 e. The highest BCUT2D eigenvalue weighted by atomic mass is 35.5. The van der Waals surface area contributed by atoms with Gasteiger partial charge in [0.05, 0.1) is 4.34 Å². The van der Waals surface area contributed by atoms with Crippen molar-refractivity contribution < 1.29 is 0 Å². The van der Waals surface area contributed by atoms with E-state index in [2.05, 4.69) is 17.1 Å². The molecule has 0 spiro atoms. The first-order valence-corrected chi connectivity index (χ1v) is 7.41. The highest BCUT2D eigenvalue weighted by Gasteiger charge is 1.99. The fraction of sp³-hybridized carbons (Fsp3) is 0.250. The quantitative estimate of drug-likeness (QED) is 0.752. The molecule has 0 bridgehead atoms. The largest absolute Gasteiger partial charge is 0.261 e. The van der Waals surface area contributed by atoms with E-state index in [0.717, 1.165) is 22.3 Å². The molecule has 0 N–H and O–H groups in total. The van der Waals surface area contributed by atoms with Gasteiger partial charge in [0, 0.05) is 22.5 Å². The first-order chi connectivity index (χ1) is 7.84. The van der Waals surface area contributed by atoms with Crippen LogP contribution in [0.25, 0.3) is 0 Å². The molecule has 1 nitrogen and oxygen atoms in total. The number of nitrogens with zero attached hydrogens (tertiary/aromatic N) is 1. The van der Waals surface area contributed by atoms with Crippen LogP contribution in [-0.2, 0) is 12.2 Å². The van der Waals surface area contributed by atoms with Gasteiger partial charge in [-0.05, 0) is 36.4 Å². The van der Waals surface area contributed by atoms with Crippen molar-refractivity contribution >= 4 is 34.7 Å². The summed E-state index contributed by atoms with van der Waals surface area (Å²) in [5, 5.41) is 0. The van der Waals surface area contributed by atoms with E-state index in [4.69, 9.17) is 11.6 Å². The van der Waals surface area contributed by atoms with E-state index in [1.807, 2.05) is 36.2 Å². The second-order valence-corrected chi connectivity index (χ2v) is 6.23. The van der Waals surface area contributed by atoms with Crippen molar-refractivity contribution in [1.82, 2.24) is 4.98 Å². The van der Waals surface area contributed by atoms with Gasteiger partial charge in [0.2, 0.25) is 0 Å². The van der Waals surface area contributed by atoms with Crippen molar-refractivity contribution in [2.24, 2.45) is 0 Å². The van der Waals surface area contributed by atoms with Gasteiger partial charge in [-0.25, -0.2) is 0 Å². The summed E-state index contributed by atoms with van der Waals surface area (Å²) in [6, 6.07) is 10.1. The first-order valence-electron chi connectivity index (χ1n) is 5.06. The van der Waals surface area contributed by atoms with Gasteiger partial charge in [0.1, 0.15) is 0 Å². The molecule has 0 saturated heterocycles. The van der Waals surface area contributed by atoms with E-state index in [1.54, 1.807) is 11.3 Å². The third kappa shape index (κ3) is 3.81. The van der Waals surface area contributed by atoms with E-state index in [-0.39, 0.29) is 0 Å². The topological polar surface area (TPSA) is 12.9 Å². The molecule has 4 heteroatoms.